The van der Waals surface area contributed by atoms with Gasteiger partial charge in [0.05, 0.1) is 5.01 Å². The number of rotatable bonds is 4. The van der Waals surface area contributed by atoms with Crippen LogP contribution >= 0.6 is 11.3 Å². The molecule has 0 spiro atoms. The molecular weight excluding hydrogens is 272 g/mol. The summed E-state index contributed by atoms with van der Waals surface area (Å²) in [6.45, 7) is 2.63. The van der Waals surface area contributed by atoms with Crippen LogP contribution in [0.15, 0.2) is 34.2 Å². The highest BCUT2D eigenvalue weighted by Gasteiger charge is 2.13. The Morgan fingerprint density at radius 2 is 2.00 bits per heavy atom. The number of nitrogens with zero attached hydrogens (tertiary/aromatic N) is 3. The van der Waals surface area contributed by atoms with Crippen LogP contribution in [0.4, 0.5) is 0 Å². The molecular formula is C14H14N4OS. The fraction of sp³-hybridized carbons (Fsp3) is 0.214. The highest BCUT2D eigenvalue weighted by atomic mass is 32.1. The molecule has 0 unspecified atom stereocenters. The standard InChI is InChI=1S/C14H14N4OS/c1-9-2-4-10(5-3-9)13-17-14(19-18-13)11-8-20-12(16-11)6-7-15/h2-5,8H,6-7,15H2,1H3. The summed E-state index contributed by atoms with van der Waals surface area (Å²) in [5.41, 5.74) is 8.36. The van der Waals surface area contributed by atoms with Crippen molar-refractivity contribution in [1.82, 2.24) is 15.1 Å². The van der Waals surface area contributed by atoms with Crippen molar-refractivity contribution in [2.45, 2.75) is 13.3 Å². The Labute approximate surface area is 120 Å². The van der Waals surface area contributed by atoms with Crippen molar-refractivity contribution in [3.63, 3.8) is 0 Å². The van der Waals surface area contributed by atoms with Gasteiger partial charge in [0.25, 0.3) is 5.89 Å². The second-order valence-electron chi connectivity index (χ2n) is 4.45. The van der Waals surface area contributed by atoms with Gasteiger partial charge in [-0.15, -0.1) is 11.3 Å². The lowest BCUT2D eigenvalue weighted by Gasteiger charge is -1.94. The first kappa shape index (κ1) is 13.0. The van der Waals surface area contributed by atoms with E-state index in [-0.39, 0.29) is 0 Å². The maximum atomic E-state index is 5.52. The summed E-state index contributed by atoms with van der Waals surface area (Å²) < 4.78 is 5.28. The van der Waals surface area contributed by atoms with Crippen molar-refractivity contribution in [2.24, 2.45) is 5.73 Å². The predicted molar refractivity (Wildman–Crippen MR) is 78.3 cm³/mol. The molecule has 0 aliphatic heterocycles. The fourth-order valence-electron chi connectivity index (χ4n) is 1.79. The third-order valence-electron chi connectivity index (χ3n) is 2.86. The molecule has 102 valence electrons. The molecule has 0 atom stereocenters. The quantitative estimate of drug-likeness (QED) is 0.797. The zero-order valence-electron chi connectivity index (χ0n) is 11.0. The molecule has 0 aliphatic carbocycles. The van der Waals surface area contributed by atoms with Gasteiger partial charge in [-0.05, 0) is 13.5 Å². The molecule has 6 heteroatoms. The SMILES string of the molecule is Cc1ccc(-c2noc(-c3csc(CCN)n3)n2)cc1. The lowest BCUT2D eigenvalue weighted by atomic mass is 10.1. The Balaban J connectivity index is 1.87. The van der Waals surface area contributed by atoms with E-state index in [0.29, 0.717) is 24.0 Å². The van der Waals surface area contributed by atoms with Crippen molar-refractivity contribution in [1.29, 1.82) is 0 Å². The molecule has 20 heavy (non-hydrogen) atoms. The van der Waals surface area contributed by atoms with E-state index in [1.807, 2.05) is 36.6 Å². The van der Waals surface area contributed by atoms with Crippen molar-refractivity contribution >= 4 is 11.3 Å². The van der Waals surface area contributed by atoms with Crippen LogP contribution in [0.2, 0.25) is 0 Å². The van der Waals surface area contributed by atoms with E-state index in [1.165, 1.54) is 5.56 Å². The number of nitrogens with two attached hydrogens (primary N) is 1. The maximum absolute atomic E-state index is 5.52. The van der Waals surface area contributed by atoms with Gasteiger partial charge in [-0.1, -0.05) is 35.0 Å². The Kier molecular flexibility index (Phi) is 3.58. The van der Waals surface area contributed by atoms with Crippen LogP contribution in [-0.2, 0) is 6.42 Å². The number of aromatic nitrogens is 3. The molecule has 5 nitrogen and oxygen atoms in total. The van der Waals surface area contributed by atoms with Crippen LogP contribution in [0.25, 0.3) is 23.0 Å². The minimum Gasteiger partial charge on any atom is -0.332 e. The van der Waals surface area contributed by atoms with Gasteiger partial charge >= 0.3 is 0 Å². The molecule has 2 N–H and O–H groups in total. The molecule has 1 aromatic carbocycles. The molecule has 3 aromatic rings. The third-order valence-corrected chi connectivity index (χ3v) is 3.77. The van der Waals surface area contributed by atoms with Gasteiger partial charge in [-0.3, -0.25) is 0 Å². The van der Waals surface area contributed by atoms with Gasteiger partial charge in [-0.25, -0.2) is 4.98 Å². The van der Waals surface area contributed by atoms with E-state index in [4.69, 9.17) is 10.3 Å². The number of hydrogen-bond donors (Lipinski definition) is 1. The van der Waals surface area contributed by atoms with Crippen molar-refractivity contribution in [3.8, 4) is 23.0 Å². The minimum absolute atomic E-state index is 0.445. The first-order valence-electron chi connectivity index (χ1n) is 6.32. The summed E-state index contributed by atoms with van der Waals surface area (Å²) in [4.78, 5) is 8.82. The van der Waals surface area contributed by atoms with Crippen molar-refractivity contribution in [2.75, 3.05) is 6.54 Å². The Morgan fingerprint density at radius 3 is 2.75 bits per heavy atom. The molecule has 2 heterocycles. The summed E-state index contributed by atoms with van der Waals surface area (Å²) in [5.74, 6) is 1.02. The van der Waals surface area contributed by atoms with Gasteiger partial charge in [0, 0.05) is 17.4 Å². The second kappa shape index (κ2) is 5.52. The van der Waals surface area contributed by atoms with Crippen LogP contribution in [0.1, 0.15) is 10.6 Å². The topological polar surface area (TPSA) is 77.8 Å². The largest absolute Gasteiger partial charge is 0.332 e. The van der Waals surface area contributed by atoms with Crippen LogP contribution in [0, 0.1) is 6.92 Å². The third kappa shape index (κ3) is 2.61. The lowest BCUT2D eigenvalue weighted by Crippen LogP contribution is -2.01. The lowest BCUT2D eigenvalue weighted by molar-refractivity contribution is 0.431. The highest BCUT2D eigenvalue weighted by molar-refractivity contribution is 7.09. The molecule has 0 bridgehead atoms. The van der Waals surface area contributed by atoms with Crippen molar-refractivity contribution < 1.29 is 4.52 Å². The maximum Gasteiger partial charge on any atom is 0.277 e. The van der Waals surface area contributed by atoms with Gasteiger partial charge < -0.3 is 10.3 Å². The van der Waals surface area contributed by atoms with E-state index in [9.17, 15) is 0 Å². The zero-order valence-corrected chi connectivity index (χ0v) is 11.9. The van der Waals surface area contributed by atoms with E-state index in [1.54, 1.807) is 11.3 Å². The second-order valence-corrected chi connectivity index (χ2v) is 5.40. The number of aryl methyl sites for hydroxylation is 1. The molecule has 0 aliphatic rings. The van der Waals surface area contributed by atoms with Gasteiger partial charge in [-0.2, -0.15) is 4.98 Å². The van der Waals surface area contributed by atoms with E-state index < -0.39 is 0 Å². The molecule has 0 saturated heterocycles. The molecule has 3 rings (SSSR count). The van der Waals surface area contributed by atoms with Crippen LogP contribution in [0.5, 0.6) is 0 Å². The molecule has 0 radical (unpaired) electrons. The summed E-state index contributed by atoms with van der Waals surface area (Å²) >= 11 is 1.56. The fourth-order valence-corrected chi connectivity index (χ4v) is 2.58. The summed E-state index contributed by atoms with van der Waals surface area (Å²) in [6.07, 6.45) is 0.767. The van der Waals surface area contributed by atoms with Crippen LogP contribution in [0.3, 0.4) is 0 Å². The Morgan fingerprint density at radius 1 is 1.20 bits per heavy atom. The number of benzene rings is 1. The molecule has 2 aromatic heterocycles. The van der Waals surface area contributed by atoms with E-state index >= 15 is 0 Å². The van der Waals surface area contributed by atoms with E-state index in [0.717, 1.165) is 17.0 Å². The zero-order chi connectivity index (χ0) is 13.9. The summed E-state index contributed by atoms with van der Waals surface area (Å²) in [6, 6.07) is 8.00. The van der Waals surface area contributed by atoms with Crippen LogP contribution in [-0.4, -0.2) is 21.7 Å². The first-order chi connectivity index (χ1) is 9.76. The Bertz CT molecular complexity index is 702. The van der Waals surface area contributed by atoms with Crippen molar-refractivity contribution in [3.05, 3.63) is 40.2 Å². The van der Waals surface area contributed by atoms with Gasteiger partial charge in [0.2, 0.25) is 5.82 Å². The molecule has 0 amide bonds. The normalized spacial score (nSPS) is 10.9. The first-order valence-corrected chi connectivity index (χ1v) is 7.20. The average Bonchev–Trinajstić information content (AvgIpc) is 3.08. The molecule has 0 fully saturated rings. The average molecular weight is 286 g/mol. The number of hydrogen-bond acceptors (Lipinski definition) is 6. The highest BCUT2D eigenvalue weighted by Crippen LogP contribution is 2.24. The monoisotopic (exact) mass is 286 g/mol. The van der Waals surface area contributed by atoms with Gasteiger partial charge in [0.1, 0.15) is 5.69 Å². The number of thiazole rings is 1. The predicted octanol–water partition coefficient (Wildman–Crippen LogP) is 2.67. The van der Waals surface area contributed by atoms with E-state index in [2.05, 4.69) is 15.1 Å². The smallest absolute Gasteiger partial charge is 0.277 e. The summed E-state index contributed by atoms with van der Waals surface area (Å²) in [5, 5.41) is 6.90. The van der Waals surface area contributed by atoms with Crippen LogP contribution < -0.4 is 5.73 Å². The summed E-state index contributed by atoms with van der Waals surface area (Å²) in [7, 11) is 0. The minimum atomic E-state index is 0.445. The van der Waals surface area contributed by atoms with Gasteiger partial charge in [0.15, 0.2) is 0 Å². The molecule has 0 saturated carbocycles. The Hall–Kier alpha value is -2.05.